The zero-order valence-electron chi connectivity index (χ0n) is 13.8. The number of hydrogen-bond donors (Lipinski definition) is 0. The molecule has 122 valence electrons. The summed E-state index contributed by atoms with van der Waals surface area (Å²) >= 11 is 0. The van der Waals surface area contributed by atoms with Crippen molar-refractivity contribution >= 4 is 5.91 Å². The van der Waals surface area contributed by atoms with Crippen LogP contribution in [0.15, 0.2) is 18.2 Å². The van der Waals surface area contributed by atoms with Gasteiger partial charge in [-0.1, -0.05) is 0 Å². The predicted octanol–water partition coefficient (Wildman–Crippen LogP) is 2.01. The minimum atomic E-state index is 0.0916. The highest BCUT2D eigenvalue weighted by atomic mass is 16.5. The summed E-state index contributed by atoms with van der Waals surface area (Å²) in [4.78, 5) is 16.8. The summed E-state index contributed by atoms with van der Waals surface area (Å²) in [6.07, 6.45) is 0. The van der Waals surface area contributed by atoms with E-state index >= 15 is 0 Å². The molecular weight excluding hydrogens is 280 g/mol. The van der Waals surface area contributed by atoms with Crippen molar-refractivity contribution in [3.8, 4) is 5.75 Å². The lowest BCUT2D eigenvalue weighted by Gasteiger charge is -2.32. The van der Waals surface area contributed by atoms with E-state index in [1.807, 2.05) is 36.9 Å². The van der Waals surface area contributed by atoms with Crippen LogP contribution in [0.3, 0.4) is 0 Å². The Hall–Kier alpha value is -1.59. The van der Waals surface area contributed by atoms with Crippen LogP contribution in [0.25, 0.3) is 0 Å². The van der Waals surface area contributed by atoms with E-state index in [9.17, 15) is 4.79 Å². The van der Waals surface area contributed by atoms with Gasteiger partial charge in [-0.15, -0.1) is 0 Å². The number of carbonyl (C=O) groups is 1. The third kappa shape index (κ3) is 4.21. The fourth-order valence-corrected chi connectivity index (χ4v) is 2.53. The SMILES string of the molecule is CCOCc1cc(C(=O)N2CCN(C)CC2)ccc1OCC. The van der Waals surface area contributed by atoms with E-state index in [1.165, 1.54) is 0 Å². The van der Waals surface area contributed by atoms with E-state index in [0.717, 1.165) is 37.5 Å². The number of benzene rings is 1. The third-order valence-electron chi connectivity index (χ3n) is 3.86. The van der Waals surface area contributed by atoms with Crippen LogP contribution in [-0.4, -0.2) is 62.1 Å². The summed E-state index contributed by atoms with van der Waals surface area (Å²) in [5.41, 5.74) is 1.64. The first-order chi connectivity index (χ1) is 10.7. The molecule has 5 heteroatoms. The molecule has 1 aromatic rings. The minimum Gasteiger partial charge on any atom is -0.494 e. The van der Waals surface area contributed by atoms with Crippen LogP contribution in [0.5, 0.6) is 5.75 Å². The van der Waals surface area contributed by atoms with Crippen LogP contribution < -0.4 is 4.74 Å². The monoisotopic (exact) mass is 306 g/mol. The van der Waals surface area contributed by atoms with Crippen LogP contribution >= 0.6 is 0 Å². The Labute approximate surface area is 132 Å². The van der Waals surface area contributed by atoms with E-state index in [2.05, 4.69) is 11.9 Å². The smallest absolute Gasteiger partial charge is 0.253 e. The first-order valence-corrected chi connectivity index (χ1v) is 7.97. The van der Waals surface area contributed by atoms with Crippen LogP contribution in [0.2, 0.25) is 0 Å². The van der Waals surface area contributed by atoms with Crippen molar-refractivity contribution in [3.63, 3.8) is 0 Å². The molecule has 22 heavy (non-hydrogen) atoms. The Bertz CT molecular complexity index is 497. The number of piperazine rings is 1. The molecule has 0 spiro atoms. The maximum Gasteiger partial charge on any atom is 0.253 e. The number of nitrogens with zero attached hydrogens (tertiary/aromatic N) is 2. The number of hydrogen-bond acceptors (Lipinski definition) is 4. The van der Waals surface area contributed by atoms with E-state index < -0.39 is 0 Å². The van der Waals surface area contributed by atoms with Gasteiger partial charge in [0.15, 0.2) is 0 Å². The summed E-state index contributed by atoms with van der Waals surface area (Å²) in [5.74, 6) is 0.889. The lowest BCUT2D eigenvalue weighted by molar-refractivity contribution is 0.0663. The van der Waals surface area contributed by atoms with Crippen molar-refractivity contribution in [3.05, 3.63) is 29.3 Å². The van der Waals surface area contributed by atoms with Gasteiger partial charge in [0.1, 0.15) is 5.75 Å². The lowest BCUT2D eigenvalue weighted by Crippen LogP contribution is -2.47. The van der Waals surface area contributed by atoms with E-state index in [-0.39, 0.29) is 5.91 Å². The first-order valence-electron chi connectivity index (χ1n) is 7.97. The Balaban J connectivity index is 2.14. The highest BCUT2D eigenvalue weighted by Crippen LogP contribution is 2.22. The summed E-state index contributed by atoms with van der Waals surface area (Å²) in [6.45, 7) is 9.03. The lowest BCUT2D eigenvalue weighted by atomic mass is 10.1. The molecule has 0 saturated carbocycles. The van der Waals surface area contributed by atoms with Gasteiger partial charge in [0.2, 0.25) is 0 Å². The Kier molecular flexibility index (Phi) is 6.21. The molecule has 1 aliphatic heterocycles. The van der Waals surface area contributed by atoms with Gasteiger partial charge in [0, 0.05) is 43.9 Å². The molecule has 1 aromatic carbocycles. The molecule has 0 unspecified atom stereocenters. The van der Waals surface area contributed by atoms with Gasteiger partial charge in [0.05, 0.1) is 13.2 Å². The summed E-state index contributed by atoms with van der Waals surface area (Å²) in [6, 6.07) is 5.63. The van der Waals surface area contributed by atoms with Crippen LogP contribution in [0, 0.1) is 0 Å². The first kappa shape index (κ1) is 16.8. The maximum absolute atomic E-state index is 12.6. The van der Waals surface area contributed by atoms with Gasteiger partial charge >= 0.3 is 0 Å². The highest BCUT2D eigenvalue weighted by Gasteiger charge is 2.21. The summed E-state index contributed by atoms with van der Waals surface area (Å²) in [7, 11) is 2.08. The molecule has 0 atom stereocenters. The number of likely N-dealkylation sites (N-methyl/N-ethyl adjacent to an activating group) is 1. The normalized spacial score (nSPS) is 15.9. The molecule has 1 fully saturated rings. The molecule has 0 radical (unpaired) electrons. The fraction of sp³-hybridized carbons (Fsp3) is 0.588. The zero-order chi connectivity index (χ0) is 15.9. The van der Waals surface area contributed by atoms with Gasteiger partial charge < -0.3 is 19.3 Å². The second-order valence-corrected chi connectivity index (χ2v) is 5.49. The Morgan fingerprint density at radius 1 is 1.14 bits per heavy atom. The number of amides is 1. The van der Waals surface area contributed by atoms with Gasteiger partial charge in [-0.3, -0.25) is 4.79 Å². The van der Waals surface area contributed by atoms with Crippen molar-refractivity contribution in [2.45, 2.75) is 20.5 Å². The van der Waals surface area contributed by atoms with Gasteiger partial charge in [-0.05, 0) is 39.1 Å². The standard InChI is InChI=1S/C17H26N2O3/c1-4-21-13-15-12-14(6-7-16(15)22-5-2)17(20)19-10-8-18(3)9-11-19/h6-7,12H,4-5,8-11,13H2,1-3H3. The second kappa shape index (κ2) is 8.15. The number of carbonyl (C=O) groups excluding carboxylic acids is 1. The molecule has 0 N–H and O–H groups in total. The summed E-state index contributed by atoms with van der Waals surface area (Å²) < 4.78 is 11.1. The molecule has 1 aliphatic rings. The van der Waals surface area contributed by atoms with Crippen molar-refractivity contribution in [2.75, 3.05) is 46.4 Å². The summed E-state index contributed by atoms with van der Waals surface area (Å²) in [5, 5.41) is 0. The predicted molar refractivity (Wildman–Crippen MR) is 86.3 cm³/mol. The van der Waals surface area contributed by atoms with Gasteiger partial charge in [-0.25, -0.2) is 0 Å². The van der Waals surface area contributed by atoms with Crippen molar-refractivity contribution < 1.29 is 14.3 Å². The molecule has 0 bridgehead atoms. The third-order valence-corrected chi connectivity index (χ3v) is 3.86. The second-order valence-electron chi connectivity index (χ2n) is 5.49. The van der Waals surface area contributed by atoms with Crippen molar-refractivity contribution in [2.24, 2.45) is 0 Å². The van der Waals surface area contributed by atoms with Crippen molar-refractivity contribution in [1.82, 2.24) is 9.80 Å². The van der Waals surface area contributed by atoms with Gasteiger partial charge in [-0.2, -0.15) is 0 Å². The average molecular weight is 306 g/mol. The Morgan fingerprint density at radius 2 is 1.86 bits per heavy atom. The largest absolute Gasteiger partial charge is 0.494 e. The van der Waals surface area contributed by atoms with Crippen LogP contribution in [0.1, 0.15) is 29.8 Å². The average Bonchev–Trinajstić information content (AvgIpc) is 2.54. The molecule has 1 amide bonds. The molecule has 0 aliphatic carbocycles. The highest BCUT2D eigenvalue weighted by molar-refractivity contribution is 5.94. The fourth-order valence-electron chi connectivity index (χ4n) is 2.53. The van der Waals surface area contributed by atoms with E-state index in [4.69, 9.17) is 9.47 Å². The molecular formula is C17H26N2O3. The van der Waals surface area contributed by atoms with Gasteiger partial charge in [0.25, 0.3) is 5.91 Å². The quantitative estimate of drug-likeness (QED) is 0.806. The van der Waals surface area contributed by atoms with E-state index in [1.54, 1.807) is 0 Å². The number of ether oxygens (including phenoxy) is 2. The zero-order valence-corrected chi connectivity index (χ0v) is 13.8. The Morgan fingerprint density at radius 3 is 2.50 bits per heavy atom. The molecule has 0 aromatic heterocycles. The minimum absolute atomic E-state index is 0.0916. The molecule has 1 saturated heterocycles. The topological polar surface area (TPSA) is 42.0 Å². The van der Waals surface area contributed by atoms with Crippen LogP contribution in [-0.2, 0) is 11.3 Å². The van der Waals surface area contributed by atoms with Crippen LogP contribution in [0.4, 0.5) is 0 Å². The maximum atomic E-state index is 12.6. The molecule has 1 heterocycles. The molecule has 5 nitrogen and oxygen atoms in total. The van der Waals surface area contributed by atoms with Crippen molar-refractivity contribution in [1.29, 1.82) is 0 Å². The van der Waals surface area contributed by atoms with E-state index in [0.29, 0.717) is 25.4 Å². The molecule has 2 rings (SSSR count). The number of rotatable bonds is 6.